The van der Waals surface area contributed by atoms with Crippen LogP contribution in [0.1, 0.15) is 27.8 Å². The lowest BCUT2D eigenvalue weighted by Crippen LogP contribution is -2.32. The van der Waals surface area contributed by atoms with Crippen LogP contribution < -0.4 is 4.74 Å². The van der Waals surface area contributed by atoms with Crippen molar-refractivity contribution >= 4 is 0 Å². The van der Waals surface area contributed by atoms with Crippen LogP contribution in [0.2, 0.25) is 0 Å². The molecule has 0 saturated carbocycles. The van der Waals surface area contributed by atoms with E-state index in [9.17, 15) is 5.26 Å². The second-order valence-corrected chi connectivity index (χ2v) is 14.7. The Bertz CT molecular complexity index is 2990. The summed E-state index contributed by atoms with van der Waals surface area (Å²) in [6, 6.07) is 69.1. The predicted octanol–water partition coefficient (Wildman–Crippen LogP) is 12.5. The minimum Gasteiger partial charge on any atom is -0.457 e. The smallest absolute Gasteiger partial charge is 0.164 e. The van der Waals surface area contributed by atoms with Gasteiger partial charge in [0, 0.05) is 27.8 Å². The molecule has 0 N–H and O–H groups in total. The van der Waals surface area contributed by atoms with E-state index in [0.717, 1.165) is 55.8 Å². The second kappa shape index (κ2) is 13.4. The van der Waals surface area contributed by atoms with Gasteiger partial charge in [0.15, 0.2) is 17.5 Å². The minimum atomic E-state index is -0.584. The Kier molecular flexibility index (Phi) is 7.70. The van der Waals surface area contributed by atoms with Gasteiger partial charge >= 0.3 is 0 Å². The van der Waals surface area contributed by atoms with Gasteiger partial charge in [-0.15, -0.1) is 0 Å². The van der Waals surface area contributed by atoms with Crippen LogP contribution in [-0.2, 0) is 5.41 Å². The van der Waals surface area contributed by atoms with Crippen LogP contribution >= 0.6 is 0 Å². The highest BCUT2D eigenvalue weighted by atomic mass is 16.5. The molecule has 0 bridgehead atoms. The molecule has 0 amide bonds. The maximum absolute atomic E-state index is 9.87. The van der Waals surface area contributed by atoms with Gasteiger partial charge in [-0.3, -0.25) is 0 Å². The molecule has 0 radical (unpaired) electrons. The van der Waals surface area contributed by atoms with E-state index >= 15 is 0 Å². The third-order valence-electron chi connectivity index (χ3n) is 11.4. The lowest BCUT2D eigenvalue weighted by molar-refractivity contribution is 0.436. The molecule has 2 heterocycles. The standard InChI is InChI=1S/C53H32N4O/c54-33-34-22-28-46-48(30-34)58-49-32-40(27-29-47(49)53(46)44-20-9-7-18-42(44)43-19-8-10-21-45(43)53)36-25-23-35(24-26-36)39-16-11-17-41(31-39)52-56-50(37-12-3-1-4-13-37)55-51(57-52)38-14-5-2-6-15-38/h1-32H. The highest BCUT2D eigenvalue weighted by molar-refractivity contribution is 5.89. The Morgan fingerprint density at radius 2 is 0.810 bits per heavy atom. The molecule has 8 aromatic carbocycles. The molecule has 5 nitrogen and oxygen atoms in total. The summed E-state index contributed by atoms with van der Waals surface area (Å²) in [5.41, 5.74) is 14.0. The van der Waals surface area contributed by atoms with Gasteiger partial charge in [0.25, 0.3) is 0 Å². The van der Waals surface area contributed by atoms with E-state index in [-0.39, 0.29) is 0 Å². The fourth-order valence-corrected chi connectivity index (χ4v) is 8.79. The Balaban J connectivity index is 0.972. The van der Waals surface area contributed by atoms with Crippen molar-refractivity contribution in [2.45, 2.75) is 5.41 Å². The number of nitriles is 1. The van der Waals surface area contributed by atoms with Gasteiger partial charge < -0.3 is 4.74 Å². The van der Waals surface area contributed by atoms with Crippen molar-refractivity contribution in [2.75, 3.05) is 0 Å². The van der Waals surface area contributed by atoms with Crippen molar-refractivity contribution in [3.63, 3.8) is 0 Å². The minimum absolute atomic E-state index is 0.566. The van der Waals surface area contributed by atoms with Crippen molar-refractivity contribution < 1.29 is 4.74 Å². The average Bonchev–Trinajstić information content (AvgIpc) is 3.59. The van der Waals surface area contributed by atoms with Gasteiger partial charge in [0.1, 0.15) is 11.5 Å². The van der Waals surface area contributed by atoms with Crippen LogP contribution in [0.5, 0.6) is 11.5 Å². The number of nitrogens with zero attached hydrogens (tertiary/aromatic N) is 4. The summed E-state index contributed by atoms with van der Waals surface area (Å²) in [6.07, 6.45) is 0. The van der Waals surface area contributed by atoms with Crippen LogP contribution in [0.15, 0.2) is 194 Å². The zero-order chi connectivity index (χ0) is 38.6. The van der Waals surface area contributed by atoms with Crippen molar-refractivity contribution in [3.8, 4) is 85.1 Å². The molecule has 1 spiro atoms. The van der Waals surface area contributed by atoms with Gasteiger partial charge in [0.05, 0.1) is 17.0 Å². The van der Waals surface area contributed by atoms with Gasteiger partial charge in [-0.1, -0.05) is 170 Å². The van der Waals surface area contributed by atoms with Gasteiger partial charge in [-0.25, -0.2) is 15.0 Å². The maximum Gasteiger partial charge on any atom is 0.164 e. The number of hydrogen-bond acceptors (Lipinski definition) is 5. The van der Waals surface area contributed by atoms with Crippen molar-refractivity contribution in [1.82, 2.24) is 15.0 Å². The van der Waals surface area contributed by atoms with Crippen molar-refractivity contribution in [1.29, 1.82) is 5.26 Å². The highest BCUT2D eigenvalue weighted by Gasteiger charge is 2.51. The van der Waals surface area contributed by atoms with E-state index in [1.54, 1.807) is 0 Å². The summed E-state index contributed by atoms with van der Waals surface area (Å²) in [4.78, 5) is 14.8. The first kappa shape index (κ1) is 33.4. The number of benzene rings is 8. The fourth-order valence-electron chi connectivity index (χ4n) is 8.79. The number of aromatic nitrogens is 3. The molecule has 2 aliphatic rings. The Hall–Kier alpha value is -7.94. The number of hydrogen-bond donors (Lipinski definition) is 0. The topological polar surface area (TPSA) is 71.7 Å². The summed E-state index contributed by atoms with van der Waals surface area (Å²) >= 11 is 0. The Morgan fingerprint density at radius 3 is 1.40 bits per heavy atom. The van der Waals surface area contributed by atoms with Crippen LogP contribution in [0, 0.1) is 11.3 Å². The molecule has 0 saturated heterocycles. The van der Waals surface area contributed by atoms with Gasteiger partial charge in [0.2, 0.25) is 0 Å². The maximum atomic E-state index is 9.87. The summed E-state index contributed by atoms with van der Waals surface area (Å²) in [5, 5.41) is 9.87. The molecule has 0 fully saturated rings. The molecular weight excluding hydrogens is 709 g/mol. The van der Waals surface area contributed by atoms with E-state index < -0.39 is 5.41 Å². The third-order valence-corrected chi connectivity index (χ3v) is 11.4. The third kappa shape index (κ3) is 5.27. The molecule has 5 heteroatoms. The zero-order valence-electron chi connectivity index (χ0n) is 31.2. The lowest BCUT2D eigenvalue weighted by atomic mass is 9.66. The SMILES string of the molecule is N#Cc1ccc2c(c1)Oc1cc(-c3ccc(-c4cccc(-c5nc(-c6ccccc6)nc(-c6ccccc6)n5)c4)cc3)ccc1C21c2ccccc2-c2ccccc21. The molecule has 0 atom stereocenters. The highest BCUT2D eigenvalue weighted by Crippen LogP contribution is 2.62. The normalized spacial score (nSPS) is 12.7. The molecule has 58 heavy (non-hydrogen) atoms. The Labute approximate surface area is 336 Å². The van der Waals surface area contributed by atoms with E-state index in [1.165, 1.54) is 22.3 Å². The molecule has 0 unspecified atom stereocenters. The number of ether oxygens (including phenoxy) is 1. The molecule has 1 aromatic heterocycles. The molecular formula is C53H32N4O. The lowest BCUT2D eigenvalue weighted by Gasteiger charge is -2.39. The average molecular weight is 741 g/mol. The first-order valence-electron chi connectivity index (χ1n) is 19.3. The van der Waals surface area contributed by atoms with Crippen LogP contribution in [-0.4, -0.2) is 15.0 Å². The van der Waals surface area contributed by atoms with Crippen LogP contribution in [0.25, 0.3) is 67.5 Å². The fraction of sp³-hybridized carbons (Fsp3) is 0.0189. The first-order valence-corrected chi connectivity index (χ1v) is 19.3. The zero-order valence-corrected chi connectivity index (χ0v) is 31.2. The van der Waals surface area contributed by atoms with Gasteiger partial charge in [-0.2, -0.15) is 5.26 Å². The van der Waals surface area contributed by atoms with Crippen LogP contribution in [0.4, 0.5) is 0 Å². The van der Waals surface area contributed by atoms with E-state index in [1.807, 2.05) is 72.8 Å². The van der Waals surface area contributed by atoms with E-state index in [2.05, 4.69) is 127 Å². The summed E-state index contributed by atoms with van der Waals surface area (Å²) in [7, 11) is 0. The molecule has 1 aliphatic heterocycles. The molecule has 9 aromatic rings. The summed E-state index contributed by atoms with van der Waals surface area (Å²) < 4.78 is 6.75. The first-order chi connectivity index (χ1) is 28.7. The summed E-state index contributed by atoms with van der Waals surface area (Å²) in [5.74, 6) is 3.37. The monoisotopic (exact) mass is 740 g/mol. The molecule has 11 rings (SSSR count). The number of rotatable bonds is 5. The van der Waals surface area contributed by atoms with Crippen LogP contribution in [0.3, 0.4) is 0 Å². The molecule has 270 valence electrons. The number of fused-ring (bicyclic) bond motifs is 9. The molecule has 1 aliphatic carbocycles. The van der Waals surface area contributed by atoms with E-state index in [4.69, 9.17) is 19.7 Å². The quantitative estimate of drug-likeness (QED) is 0.176. The van der Waals surface area contributed by atoms with Gasteiger partial charge in [-0.05, 0) is 68.8 Å². The van der Waals surface area contributed by atoms with Crippen molar-refractivity contribution in [3.05, 3.63) is 222 Å². The second-order valence-electron chi connectivity index (χ2n) is 14.7. The predicted molar refractivity (Wildman–Crippen MR) is 229 cm³/mol. The van der Waals surface area contributed by atoms with Crippen molar-refractivity contribution in [2.24, 2.45) is 0 Å². The summed E-state index contributed by atoms with van der Waals surface area (Å²) in [6.45, 7) is 0. The van der Waals surface area contributed by atoms with E-state index in [0.29, 0.717) is 28.8 Å². The largest absolute Gasteiger partial charge is 0.457 e. The Morgan fingerprint density at radius 1 is 0.362 bits per heavy atom.